The van der Waals surface area contributed by atoms with Crippen LogP contribution in [0.2, 0.25) is 5.02 Å². The zero-order chi connectivity index (χ0) is 17.6. The largest absolute Gasteiger partial charge is 0.480 e. The van der Waals surface area contributed by atoms with Crippen molar-refractivity contribution in [3.63, 3.8) is 0 Å². The number of aliphatic carboxylic acids is 1. The van der Waals surface area contributed by atoms with Gasteiger partial charge >= 0.3 is 5.97 Å². The van der Waals surface area contributed by atoms with Gasteiger partial charge < -0.3 is 10.8 Å². The molecular formula is C17H23ClFNO3. The molecule has 0 unspecified atom stereocenters. The summed E-state index contributed by atoms with van der Waals surface area (Å²) in [6.45, 7) is 3.94. The molecule has 1 rings (SSSR count). The maximum atomic E-state index is 14.1. The van der Waals surface area contributed by atoms with E-state index in [-0.39, 0.29) is 28.7 Å². The smallest absolute Gasteiger partial charge is 0.320 e. The Morgan fingerprint density at radius 2 is 1.96 bits per heavy atom. The molecule has 0 aliphatic rings. The van der Waals surface area contributed by atoms with Gasteiger partial charge in [0.15, 0.2) is 5.78 Å². The maximum absolute atomic E-state index is 14.1. The fourth-order valence-electron chi connectivity index (χ4n) is 2.28. The van der Waals surface area contributed by atoms with Crippen LogP contribution in [-0.2, 0) is 11.2 Å². The van der Waals surface area contributed by atoms with Crippen LogP contribution in [0.3, 0.4) is 0 Å². The van der Waals surface area contributed by atoms with E-state index in [2.05, 4.69) is 0 Å². The molecule has 4 nitrogen and oxygen atoms in total. The molecule has 1 atom stereocenters. The van der Waals surface area contributed by atoms with Crippen molar-refractivity contribution in [2.75, 3.05) is 0 Å². The van der Waals surface area contributed by atoms with Gasteiger partial charge in [0.2, 0.25) is 0 Å². The predicted molar refractivity (Wildman–Crippen MR) is 88.4 cm³/mol. The number of carboxylic acid groups (broad SMARTS) is 1. The number of hydrogen-bond acceptors (Lipinski definition) is 3. The number of carbonyl (C=O) groups is 2. The molecule has 0 aliphatic heterocycles. The van der Waals surface area contributed by atoms with E-state index >= 15 is 0 Å². The summed E-state index contributed by atoms with van der Waals surface area (Å²) in [5, 5.41) is 8.94. The predicted octanol–water partition coefficient (Wildman–Crippen LogP) is 3.83. The average molecular weight is 344 g/mol. The van der Waals surface area contributed by atoms with E-state index in [1.165, 1.54) is 12.1 Å². The van der Waals surface area contributed by atoms with E-state index < -0.39 is 17.8 Å². The minimum atomic E-state index is -1.05. The van der Waals surface area contributed by atoms with E-state index in [0.717, 1.165) is 0 Å². The average Bonchev–Trinajstić information content (AvgIpc) is 2.46. The van der Waals surface area contributed by atoms with Gasteiger partial charge in [-0.3, -0.25) is 9.59 Å². The molecule has 3 N–H and O–H groups in total. The summed E-state index contributed by atoms with van der Waals surface area (Å²) in [6.07, 6.45) is 2.08. The van der Waals surface area contributed by atoms with Crippen LogP contribution < -0.4 is 5.73 Å². The number of rotatable bonds is 9. The number of nitrogens with two attached hydrogens (primary N) is 1. The van der Waals surface area contributed by atoms with Crippen molar-refractivity contribution >= 4 is 23.4 Å². The Kier molecular flexibility index (Phi) is 7.65. The van der Waals surface area contributed by atoms with Gasteiger partial charge in [-0.25, -0.2) is 4.39 Å². The highest BCUT2D eigenvalue weighted by molar-refractivity contribution is 6.31. The molecule has 1 aromatic carbocycles. The zero-order valence-corrected chi connectivity index (χ0v) is 14.2. The molecule has 23 heavy (non-hydrogen) atoms. The molecule has 0 bridgehead atoms. The molecule has 0 amide bonds. The number of carbonyl (C=O) groups excluding carboxylic acids is 1. The lowest BCUT2D eigenvalue weighted by atomic mass is 9.98. The molecular weight excluding hydrogens is 321 g/mol. The quantitative estimate of drug-likeness (QED) is 0.527. The van der Waals surface area contributed by atoms with Crippen molar-refractivity contribution in [1.29, 1.82) is 0 Å². The maximum Gasteiger partial charge on any atom is 0.320 e. The Hall–Kier alpha value is -1.46. The van der Waals surface area contributed by atoms with Crippen molar-refractivity contribution in [3.8, 4) is 0 Å². The summed E-state index contributed by atoms with van der Waals surface area (Å²) in [6, 6.07) is 1.83. The Morgan fingerprint density at radius 1 is 1.30 bits per heavy atom. The summed E-state index contributed by atoms with van der Waals surface area (Å²) in [4.78, 5) is 22.7. The van der Waals surface area contributed by atoms with Crippen LogP contribution in [-0.4, -0.2) is 22.9 Å². The van der Waals surface area contributed by atoms with Gasteiger partial charge in [0.25, 0.3) is 0 Å². The second kappa shape index (κ2) is 8.99. The van der Waals surface area contributed by atoms with Crippen LogP contribution in [0.1, 0.15) is 55.5 Å². The molecule has 0 fully saturated rings. The number of unbranched alkanes of at least 4 members (excludes halogenated alkanes) is 1. The minimum absolute atomic E-state index is 0.203. The number of Topliss-reactive ketones (excluding diaryl/α,β-unsaturated/α-hetero) is 1. The topological polar surface area (TPSA) is 80.4 Å². The molecule has 0 radical (unpaired) electrons. The van der Waals surface area contributed by atoms with Gasteiger partial charge in [-0.1, -0.05) is 31.9 Å². The normalized spacial score (nSPS) is 12.4. The van der Waals surface area contributed by atoms with Crippen molar-refractivity contribution in [3.05, 3.63) is 34.1 Å². The SMILES string of the molecule is CC(C)Cc1c(F)cc(C(=O)CCCC[C@H](N)C(=O)O)cc1Cl. The highest BCUT2D eigenvalue weighted by atomic mass is 35.5. The summed E-state index contributed by atoms with van der Waals surface area (Å²) in [5.41, 5.74) is 6.08. The van der Waals surface area contributed by atoms with Crippen molar-refractivity contribution in [1.82, 2.24) is 0 Å². The van der Waals surface area contributed by atoms with Crippen LogP contribution in [0.15, 0.2) is 12.1 Å². The van der Waals surface area contributed by atoms with E-state index in [1.807, 2.05) is 13.8 Å². The summed E-state index contributed by atoms with van der Waals surface area (Å²) < 4.78 is 14.1. The third-order valence-electron chi connectivity index (χ3n) is 3.56. The molecule has 0 aliphatic carbocycles. The van der Waals surface area contributed by atoms with Crippen LogP contribution in [0.5, 0.6) is 0 Å². The van der Waals surface area contributed by atoms with E-state index in [0.29, 0.717) is 31.2 Å². The van der Waals surface area contributed by atoms with E-state index in [4.69, 9.17) is 22.4 Å². The molecule has 128 valence electrons. The molecule has 6 heteroatoms. The lowest BCUT2D eigenvalue weighted by molar-refractivity contribution is -0.138. The third kappa shape index (κ3) is 6.28. The molecule has 0 saturated heterocycles. The summed E-state index contributed by atoms with van der Waals surface area (Å²) in [7, 11) is 0. The second-order valence-corrected chi connectivity index (χ2v) is 6.54. The first-order valence-corrected chi connectivity index (χ1v) is 8.09. The van der Waals surface area contributed by atoms with Crippen LogP contribution in [0.25, 0.3) is 0 Å². The second-order valence-electron chi connectivity index (χ2n) is 6.13. The minimum Gasteiger partial charge on any atom is -0.480 e. The standard InChI is InChI=1S/C17H23ClFNO3/c1-10(2)7-12-13(18)8-11(9-14(12)19)16(21)6-4-3-5-15(20)17(22)23/h8-10,15H,3-7,20H2,1-2H3,(H,22,23)/t15-/m0/s1. The van der Waals surface area contributed by atoms with Crippen LogP contribution in [0, 0.1) is 11.7 Å². The molecule has 0 saturated carbocycles. The van der Waals surface area contributed by atoms with E-state index in [9.17, 15) is 14.0 Å². The highest BCUT2D eigenvalue weighted by Crippen LogP contribution is 2.25. The number of carboxylic acids is 1. The first-order chi connectivity index (χ1) is 10.7. The first-order valence-electron chi connectivity index (χ1n) is 7.71. The Balaban J connectivity index is 2.62. The van der Waals surface area contributed by atoms with Crippen LogP contribution in [0.4, 0.5) is 4.39 Å². The summed E-state index contributed by atoms with van der Waals surface area (Å²) >= 11 is 6.09. The number of ketones is 1. The van der Waals surface area contributed by atoms with Crippen LogP contribution >= 0.6 is 11.6 Å². The Morgan fingerprint density at radius 3 is 2.48 bits per heavy atom. The number of halogens is 2. The molecule has 0 heterocycles. The fraction of sp³-hybridized carbons (Fsp3) is 0.529. The van der Waals surface area contributed by atoms with Gasteiger partial charge in [0.05, 0.1) is 0 Å². The van der Waals surface area contributed by atoms with Crippen molar-refractivity contribution in [2.45, 2.75) is 52.0 Å². The van der Waals surface area contributed by atoms with Gasteiger partial charge in [0.1, 0.15) is 11.9 Å². The van der Waals surface area contributed by atoms with Crippen molar-refractivity contribution in [2.24, 2.45) is 11.7 Å². The lowest BCUT2D eigenvalue weighted by Crippen LogP contribution is -2.29. The molecule has 0 spiro atoms. The Labute approximate surface area is 140 Å². The summed E-state index contributed by atoms with van der Waals surface area (Å²) in [5.74, 6) is -1.44. The van der Waals surface area contributed by atoms with Gasteiger partial charge in [-0.15, -0.1) is 0 Å². The van der Waals surface area contributed by atoms with Gasteiger partial charge in [0, 0.05) is 22.6 Å². The number of benzene rings is 1. The molecule has 1 aromatic rings. The first kappa shape index (κ1) is 19.6. The number of hydrogen-bond donors (Lipinski definition) is 2. The highest BCUT2D eigenvalue weighted by Gasteiger charge is 2.16. The van der Waals surface area contributed by atoms with Gasteiger partial charge in [-0.2, -0.15) is 0 Å². The third-order valence-corrected chi connectivity index (χ3v) is 3.90. The molecule has 0 aromatic heterocycles. The van der Waals surface area contributed by atoms with Crippen molar-refractivity contribution < 1.29 is 19.1 Å². The van der Waals surface area contributed by atoms with E-state index in [1.54, 1.807) is 0 Å². The lowest BCUT2D eigenvalue weighted by Gasteiger charge is -2.11. The monoisotopic (exact) mass is 343 g/mol. The fourth-order valence-corrected chi connectivity index (χ4v) is 2.57. The zero-order valence-electron chi connectivity index (χ0n) is 13.4. The van der Waals surface area contributed by atoms with Gasteiger partial charge in [-0.05, 0) is 37.3 Å². The Bertz CT molecular complexity index is 552.